The van der Waals surface area contributed by atoms with Crippen molar-refractivity contribution in [1.29, 1.82) is 0 Å². The first-order chi connectivity index (χ1) is 8.30. The van der Waals surface area contributed by atoms with E-state index in [0.717, 1.165) is 18.4 Å². The molecule has 1 amide bonds. The molecule has 1 aromatic carbocycles. The second-order valence-corrected chi connectivity index (χ2v) is 4.26. The maximum atomic E-state index is 11.9. The van der Waals surface area contributed by atoms with Crippen molar-refractivity contribution in [3.63, 3.8) is 0 Å². The zero-order valence-corrected chi connectivity index (χ0v) is 9.18. The van der Waals surface area contributed by atoms with E-state index in [9.17, 15) is 4.79 Å². The summed E-state index contributed by atoms with van der Waals surface area (Å²) in [5.41, 5.74) is 1.28. The third-order valence-corrected chi connectivity index (χ3v) is 3.08. The van der Waals surface area contributed by atoms with Gasteiger partial charge in [0.2, 0.25) is 0 Å². The highest BCUT2D eigenvalue weighted by molar-refractivity contribution is 5.92. The summed E-state index contributed by atoms with van der Waals surface area (Å²) in [6.07, 6.45) is 3.37. The third kappa shape index (κ3) is 1.80. The number of hydrogen-bond acceptors (Lipinski definition) is 3. The number of aromatic nitrogens is 3. The molecule has 0 spiro atoms. The van der Waals surface area contributed by atoms with Gasteiger partial charge in [-0.3, -0.25) is 4.79 Å². The topological polar surface area (TPSA) is 70.7 Å². The summed E-state index contributed by atoms with van der Waals surface area (Å²) in [5, 5.41) is 12.9. The standard InChI is InChI=1S/C12H12N4O/c17-11(10-8-13-16-15-10)14-12(6-7-12)9-4-2-1-3-5-9/h1-5,8H,6-7H2,(H,14,17)(H,13,15,16). The number of amides is 1. The van der Waals surface area contributed by atoms with Gasteiger partial charge >= 0.3 is 0 Å². The molecule has 17 heavy (non-hydrogen) atoms. The van der Waals surface area contributed by atoms with Crippen LogP contribution >= 0.6 is 0 Å². The molecule has 1 aliphatic rings. The Balaban J connectivity index is 1.80. The van der Waals surface area contributed by atoms with E-state index in [1.54, 1.807) is 0 Å². The first kappa shape index (κ1) is 10.0. The molecular formula is C12H12N4O. The SMILES string of the molecule is O=C(NC1(c2ccccc2)CC1)c1cn[nH]n1. The molecule has 5 heteroatoms. The normalized spacial score (nSPS) is 16.5. The predicted molar refractivity (Wildman–Crippen MR) is 61.2 cm³/mol. The Labute approximate surface area is 98.2 Å². The Hall–Kier alpha value is -2.17. The number of hydrogen-bond donors (Lipinski definition) is 2. The summed E-state index contributed by atoms with van der Waals surface area (Å²) < 4.78 is 0. The Morgan fingerprint density at radius 3 is 2.65 bits per heavy atom. The zero-order chi connectivity index (χ0) is 11.7. The molecule has 3 rings (SSSR count). The van der Waals surface area contributed by atoms with Crippen LogP contribution in [0.4, 0.5) is 0 Å². The molecule has 86 valence electrons. The van der Waals surface area contributed by atoms with Gasteiger partial charge in [0.1, 0.15) is 0 Å². The third-order valence-electron chi connectivity index (χ3n) is 3.08. The maximum absolute atomic E-state index is 11.9. The Morgan fingerprint density at radius 2 is 2.06 bits per heavy atom. The quantitative estimate of drug-likeness (QED) is 0.829. The molecule has 1 saturated carbocycles. The first-order valence-electron chi connectivity index (χ1n) is 5.54. The largest absolute Gasteiger partial charge is 0.341 e. The van der Waals surface area contributed by atoms with Crippen molar-refractivity contribution in [2.24, 2.45) is 0 Å². The van der Waals surface area contributed by atoms with Crippen molar-refractivity contribution >= 4 is 5.91 Å². The lowest BCUT2D eigenvalue weighted by atomic mass is 10.1. The highest BCUT2D eigenvalue weighted by Crippen LogP contribution is 2.45. The summed E-state index contributed by atoms with van der Waals surface area (Å²) in [7, 11) is 0. The number of carbonyl (C=O) groups excluding carboxylic acids is 1. The number of H-pyrrole nitrogens is 1. The second kappa shape index (κ2) is 3.69. The average molecular weight is 228 g/mol. The van der Waals surface area contributed by atoms with E-state index in [1.807, 2.05) is 30.3 Å². The van der Waals surface area contributed by atoms with Crippen LogP contribution in [0.3, 0.4) is 0 Å². The van der Waals surface area contributed by atoms with Crippen molar-refractivity contribution in [3.8, 4) is 0 Å². The van der Waals surface area contributed by atoms with Crippen molar-refractivity contribution in [3.05, 3.63) is 47.8 Å². The van der Waals surface area contributed by atoms with Gasteiger partial charge in [-0.05, 0) is 18.4 Å². The Bertz CT molecular complexity index is 517. The zero-order valence-electron chi connectivity index (χ0n) is 9.18. The van der Waals surface area contributed by atoms with Crippen LogP contribution in [0.15, 0.2) is 36.5 Å². The fraction of sp³-hybridized carbons (Fsp3) is 0.250. The molecular weight excluding hydrogens is 216 g/mol. The molecule has 2 aromatic rings. The van der Waals surface area contributed by atoms with E-state index < -0.39 is 0 Å². The van der Waals surface area contributed by atoms with E-state index in [4.69, 9.17) is 0 Å². The van der Waals surface area contributed by atoms with Crippen molar-refractivity contribution in [2.75, 3.05) is 0 Å². The molecule has 1 fully saturated rings. The second-order valence-electron chi connectivity index (χ2n) is 4.26. The Morgan fingerprint density at radius 1 is 1.29 bits per heavy atom. The molecule has 0 radical (unpaired) electrons. The minimum atomic E-state index is -0.197. The summed E-state index contributed by atoms with van der Waals surface area (Å²) in [4.78, 5) is 11.9. The first-order valence-corrected chi connectivity index (χ1v) is 5.54. The lowest BCUT2D eigenvalue weighted by Crippen LogP contribution is -2.35. The fourth-order valence-electron chi connectivity index (χ4n) is 1.96. The van der Waals surface area contributed by atoms with Crippen molar-refractivity contribution in [2.45, 2.75) is 18.4 Å². The molecule has 0 bridgehead atoms. The monoisotopic (exact) mass is 228 g/mol. The van der Waals surface area contributed by atoms with Crippen LogP contribution < -0.4 is 5.32 Å². The van der Waals surface area contributed by atoms with Gasteiger partial charge in [-0.2, -0.15) is 15.4 Å². The molecule has 0 unspecified atom stereocenters. The molecule has 1 aromatic heterocycles. The number of nitrogens with zero attached hydrogens (tertiary/aromatic N) is 2. The van der Waals surface area contributed by atoms with Gasteiger partial charge in [0, 0.05) is 0 Å². The Kier molecular flexibility index (Phi) is 2.18. The molecule has 0 aliphatic heterocycles. The van der Waals surface area contributed by atoms with Gasteiger partial charge in [0.05, 0.1) is 11.7 Å². The number of nitrogens with one attached hydrogen (secondary N) is 2. The van der Waals surface area contributed by atoms with E-state index in [-0.39, 0.29) is 11.4 Å². The summed E-state index contributed by atoms with van der Waals surface area (Å²) >= 11 is 0. The molecule has 0 atom stereocenters. The van der Waals surface area contributed by atoms with Gasteiger partial charge in [-0.1, -0.05) is 30.3 Å². The smallest absolute Gasteiger partial charge is 0.274 e. The highest BCUT2D eigenvalue weighted by atomic mass is 16.2. The highest BCUT2D eigenvalue weighted by Gasteiger charge is 2.45. The fourth-order valence-corrected chi connectivity index (χ4v) is 1.96. The number of benzene rings is 1. The molecule has 1 heterocycles. The van der Waals surface area contributed by atoms with Gasteiger partial charge < -0.3 is 5.32 Å². The maximum Gasteiger partial charge on any atom is 0.274 e. The lowest BCUT2D eigenvalue weighted by Gasteiger charge is -2.16. The van der Waals surface area contributed by atoms with Crippen LogP contribution in [0.25, 0.3) is 0 Å². The minimum Gasteiger partial charge on any atom is -0.341 e. The van der Waals surface area contributed by atoms with Crippen molar-refractivity contribution in [1.82, 2.24) is 20.7 Å². The van der Waals surface area contributed by atoms with Crippen LogP contribution in [0.5, 0.6) is 0 Å². The number of carbonyl (C=O) groups is 1. The van der Waals surface area contributed by atoms with E-state index in [0.29, 0.717) is 5.69 Å². The van der Waals surface area contributed by atoms with Gasteiger partial charge in [-0.25, -0.2) is 0 Å². The number of rotatable bonds is 3. The molecule has 5 nitrogen and oxygen atoms in total. The van der Waals surface area contributed by atoms with Crippen LogP contribution in [0, 0.1) is 0 Å². The van der Waals surface area contributed by atoms with E-state index in [2.05, 4.69) is 20.7 Å². The van der Waals surface area contributed by atoms with Crippen molar-refractivity contribution < 1.29 is 4.79 Å². The molecule has 0 saturated heterocycles. The van der Waals surface area contributed by atoms with Crippen LogP contribution in [-0.2, 0) is 5.54 Å². The molecule has 1 aliphatic carbocycles. The molecule has 2 N–H and O–H groups in total. The average Bonchev–Trinajstić information content (AvgIpc) is 2.94. The van der Waals surface area contributed by atoms with Crippen LogP contribution in [-0.4, -0.2) is 21.3 Å². The van der Waals surface area contributed by atoms with Gasteiger partial charge in [-0.15, -0.1) is 0 Å². The summed E-state index contributed by atoms with van der Waals surface area (Å²) in [5.74, 6) is -0.180. The van der Waals surface area contributed by atoms with Gasteiger partial charge in [0.15, 0.2) is 5.69 Å². The van der Waals surface area contributed by atoms with E-state index in [1.165, 1.54) is 6.20 Å². The van der Waals surface area contributed by atoms with Gasteiger partial charge in [0.25, 0.3) is 5.91 Å². The summed E-state index contributed by atoms with van der Waals surface area (Å²) in [6.45, 7) is 0. The predicted octanol–water partition coefficient (Wildman–Crippen LogP) is 1.22. The van der Waals surface area contributed by atoms with Crippen LogP contribution in [0.1, 0.15) is 28.9 Å². The lowest BCUT2D eigenvalue weighted by molar-refractivity contribution is 0.0925. The summed E-state index contributed by atoms with van der Waals surface area (Å²) in [6, 6.07) is 10.0. The number of aromatic amines is 1. The minimum absolute atomic E-state index is 0.180. The van der Waals surface area contributed by atoms with Crippen LogP contribution in [0.2, 0.25) is 0 Å². The van der Waals surface area contributed by atoms with E-state index >= 15 is 0 Å².